The van der Waals surface area contributed by atoms with E-state index < -0.39 is 6.04 Å². The van der Waals surface area contributed by atoms with Crippen molar-refractivity contribution in [2.24, 2.45) is 10.7 Å². The fourth-order valence-corrected chi connectivity index (χ4v) is 1.01. The van der Waals surface area contributed by atoms with E-state index in [9.17, 15) is 4.79 Å². The summed E-state index contributed by atoms with van der Waals surface area (Å²) in [5.41, 5.74) is 5.51. The molecule has 0 aliphatic heterocycles. The Morgan fingerprint density at radius 3 is 2.40 bits per heavy atom. The van der Waals surface area contributed by atoms with Crippen LogP contribution >= 0.6 is 0 Å². The van der Waals surface area contributed by atoms with Gasteiger partial charge in [-0.25, -0.2) is 4.99 Å². The first kappa shape index (κ1) is 13.7. The Hall–Kier alpha value is -1.26. The van der Waals surface area contributed by atoms with Crippen LogP contribution in [0.5, 0.6) is 0 Å². The van der Waals surface area contributed by atoms with Gasteiger partial charge in [0.15, 0.2) is 5.96 Å². The second-order valence-electron chi connectivity index (χ2n) is 4.46. The third kappa shape index (κ3) is 6.76. The van der Waals surface area contributed by atoms with Crippen molar-refractivity contribution in [3.63, 3.8) is 0 Å². The summed E-state index contributed by atoms with van der Waals surface area (Å²) >= 11 is 0. The molecule has 0 fully saturated rings. The number of guanidine groups is 1. The average Bonchev–Trinajstić information content (AvgIpc) is 2.00. The van der Waals surface area contributed by atoms with Gasteiger partial charge in [0.1, 0.15) is 6.04 Å². The summed E-state index contributed by atoms with van der Waals surface area (Å²) in [4.78, 5) is 15.4. The van der Waals surface area contributed by atoms with Crippen LogP contribution in [-0.4, -0.2) is 30.0 Å². The highest BCUT2D eigenvalue weighted by Gasteiger charge is 2.13. The Bertz CT molecular complexity index is 242. The highest BCUT2D eigenvalue weighted by Crippen LogP contribution is 1.98. The minimum Gasteiger partial charge on any atom is -0.370 e. The molecule has 0 saturated heterocycles. The van der Waals surface area contributed by atoms with Crippen LogP contribution in [0.25, 0.3) is 0 Å². The molecule has 1 amide bonds. The Labute approximate surface area is 91.5 Å². The van der Waals surface area contributed by atoms with Crippen LogP contribution in [-0.2, 0) is 4.79 Å². The molecule has 0 radical (unpaired) electrons. The molecular formula is C10H22N4O. The van der Waals surface area contributed by atoms with Gasteiger partial charge in [-0.05, 0) is 34.6 Å². The van der Waals surface area contributed by atoms with Crippen molar-refractivity contribution in [1.82, 2.24) is 10.6 Å². The Balaban J connectivity index is 4.29. The van der Waals surface area contributed by atoms with Gasteiger partial charge in [0.05, 0.1) is 0 Å². The van der Waals surface area contributed by atoms with E-state index in [1.54, 1.807) is 6.92 Å². The molecule has 1 atom stereocenters. The molecule has 88 valence electrons. The van der Waals surface area contributed by atoms with Crippen LogP contribution in [0.15, 0.2) is 4.99 Å². The molecule has 0 rings (SSSR count). The minimum atomic E-state index is -0.459. The molecule has 0 bridgehead atoms. The lowest BCUT2D eigenvalue weighted by Gasteiger charge is -2.21. The van der Waals surface area contributed by atoms with Gasteiger partial charge in [-0.2, -0.15) is 0 Å². The van der Waals surface area contributed by atoms with Gasteiger partial charge in [-0.15, -0.1) is 0 Å². The molecule has 4 N–H and O–H groups in total. The van der Waals surface area contributed by atoms with Crippen molar-refractivity contribution in [3.05, 3.63) is 0 Å². The zero-order chi connectivity index (χ0) is 12.1. The summed E-state index contributed by atoms with van der Waals surface area (Å²) in [5.74, 6) is 0.178. The maximum absolute atomic E-state index is 11.3. The molecule has 5 heteroatoms. The standard InChI is InChI=1S/C10H22N4O/c1-6-12-8(15)7(2)13-9(11)14-10(3,4)5/h7H,6H2,1-5H3,(H,12,15)(H3,11,13,14). The monoisotopic (exact) mass is 214 g/mol. The van der Waals surface area contributed by atoms with Gasteiger partial charge in [0.25, 0.3) is 0 Å². The summed E-state index contributed by atoms with van der Waals surface area (Å²) in [6.07, 6.45) is 0. The second-order valence-corrected chi connectivity index (χ2v) is 4.46. The SMILES string of the molecule is CCNC(=O)C(C)N=C(N)NC(C)(C)C. The van der Waals surface area contributed by atoms with Gasteiger partial charge >= 0.3 is 0 Å². The Kier molecular flexibility index (Phi) is 5.11. The van der Waals surface area contributed by atoms with Crippen molar-refractivity contribution in [2.45, 2.75) is 46.2 Å². The van der Waals surface area contributed by atoms with Gasteiger partial charge in [-0.3, -0.25) is 4.79 Å². The molecule has 0 aromatic rings. The molecule has 0 aromatic carbocycles. The summed E-state index contributed by atoms with van der Waals surface area (Å²) in [6.45, 7) is 10.1. The van der Waals surface area contributed by atoms with Crippen LogP contribution in [0.4, 0.5) is 0 Å². The fraction of sp³-hybridized carbons (Fsp3) is 0.800. The molecule has 0 saturated carbocycles. The molecule has 15 heavy (non-hydrogen) atoms. The van der Waals surface area contributed by atoms with E-state index >= 15 is 0 Å². The molecule has 0 aliphatic carbocycles. The molecule has 5 nitrogen and oxygen atoms in total. The molecule has 0 spiro atoms. The number of carbonyl (C=O) groups is 1. The topological polar surface area (TPSA) is 79.5 Å². The smallest absolute Gasteiger partial charge is 0.244 e. The highest BCUT2D eigenvalue weighted by atomic mass is 16.2. The molecular weight excluding hydrogens is 192 g/mol. The van der Waals surface area contributed by atoms with Crippen LogP contribution in [0, 0.1) is 0 Å². The summed E-state index contributed by atoms with van der Waals surface area (Å²) in [5, 5.41) is 5.68. The van der Waals surface area contributed by atoms with E-state index in [1.807, 2.05) is 27.7 Å². The van der Waals surface area contributed by atoms with Crippen molar-refractivity contribution < 1.29 is 4.79 Å². The first-order valence-electron chi connectivity index (χ1n) is 5.15. The zero-order valence-corrected chi connectivity index (χ0v) is 10.2. The number of rotatable bonds is 3. The van der Waals surface area contributed by atoms with Gasteiger partial charge in [0, 0.05) is 12.1 Å². The minimum absolute atomic E-state index is 0.115. The maximum Gasteiger partial charge on any atom is 0.244 e. The van der Waals surface area contributed by atoms with Crippen LogP contribution in [0.1, 0.15) is 34.6 Å². The van der Waals surface area contributed by atoms with E-state index in [4.69, 9.17) is 5.73 Å². The third-order valence-electron chi connectivity index (χ3n) is 1.57. The first-order valence-corrected chi connectivity index (χ1v) is 5.15. The van der Waals surface area contributed by atoms with Gasteiger partial charge in [-0.1, -0.05) is 0 Å². The molecule has 1 unspecified atom stereocenters. The van der Waals surface area contributed by atoms with Crippen LogP contribution in [0.2, 0.25) is 0 Å². The van der Waals surface area contributed by atoms with Gasteiger partial charge < -0.3 is 16.4 Å². The van der Waals surface area contributed by atoms with Crippen molar-refractivity contribution in [2.75, 3.05) is 6.54 Å². The molecule has 0 aliphatic rings. The lowest BCUT2D eigenvalue weighted by molar-refractivity contribution is -0.121. The number of aliphatic imine (C=N–C) groups is 1. The maximum atomic E-state index is 11.3. The normalized spacial score (nSPS) is 14.6. The van der Waals surface area contributed by atoms with E-state index in [0.717, 1.165) is 0 Å². The highest BCUT2D eigenvalue weighted by molar-refractivity contribution is 5.86. The van der Waals surface area contributed by atoms with E-state index in [2.05, 4.69) is 15.6 Å². The summed E-state index contributed by atoms with van der Waals surface area (Å²) < 4.78 is 0. The predicted octanol–water partition coefficient (Wildman–Crippen LogP) is 0.214. The zero-order valence-electron chi connectivity index (χ0n) is 10.2. The largest absolute Gasteiger partial charge is 0.370 e. The lowest BCUT2D eigenvalue weighted by atomic mass is 10.1. The number of hydrogen-bond donors (Lipinski definition) is 3. The van der Waals surface area contributed by atoms with E-state index in [-0.39, 0.29) is 11.4 Å². The van der Waals surface area contributed by atoms with E-state index in [0.29, 0.717) is 12.5 Å². The quantitative estimate of drug-likeness (QED) is 0.464. The van der Waals surface area contributed by atoms with Crippen molar-refractivity contribution in [1.29, 1.82) is 0 Å². The lowest BCUT2D eigenvalue weighted by Crippen LogP contribution is -2.46. The average molecular weight is 214 g/mol. The number of amides is 1. The van der Waals surface area contributed by atoms with Crippen molar-refractivity contribution in [3.8, 4) is 0 Å². The Morgan fingerprint density at radius 2 is 2.00 bits per heavy atom. The van der Waals surface area contributed by atoms with Crippen LogP contribution < -0.4 is 16.4 Å². The van der Waals surface area contributed by atoms with Gasteiger partial charge in [0.2, 0.25) is 5.91 Å². The number of likely N-dealkylation sites (N-methyl/N-ethyl adjacent to an activating group) is 1. The number of nitrogens with zero attached hydrogens (tertiary/aromatic N) is 1. The second kappa shape index (κ2) is 5.58. The summed E-state index contributed by atoms with van der Waals surface area (Å²) in [7, 11) is 0. The fourth-order valence-electron chi connectivity index (χ4n) is 1.01. The Morgan fingerprint density at radius 1 is 1.47 bits per heavy atom. The predicted molar refractivity (Wildman–Crippen MR) is 62.7 cm³/mol. The molecule has 0 heterocycles. The number of hydrogen-bond acceptors (Lipinski definition) is 2. The first-order chi connectivity index (χ1) is 6.76. The van der Waals surface area contributed by atoms with Crippen LogP contribution in [0.3, 0.4) is 0 Å². The number of nitrogens with one attached hydrogen (secondary N) is 2. The number of carbonyl (C=O) groups excluding carboxylic acids is 1. The molecule has 0 aromatic heterocycles. The van der Waals surface area contributed by atoms with E-state index in [1.165, 1.54) is 0 Å². The van der Waals surface area contributed by atoms with Crippen molar-refractivity contribution >= 4 is 11.9 Å². The summed E-state index contributed by atoms with van der Waals surface area (Å²) in [6, 6.07) is -0.459. The third-order valence-corrected chi connectivity index (χ3v) is 1.57. The number of nitrogens with two attached hydrogens (primary N) is 1.